The highest BCUT2D eigenvalue weighted by molar-refractivity contribution is 7.71. The first-order chi connectivity index (χ1) is 14.0. The van der Waals surface area contributed by atoms with Gasteiger partial charge in [-0.2, -0.15) is 5.10 Å². The van der Waals surface area contributed by atoms with Crippen molar-refractivity contribution in [2.75, 3.05) is 0 Å². The van der Waals surface area contributed by atoms with Gasteiger partial charge in [-0.05, 0) is 56.5 Å². The highest BCUT2D eigenvalue weighted by atomic mass is 35.5. The van der Waals surface area contributed by atoms with Crippen molar-refractivity contribution in [1.82, 2.24) is 15.0 Å². The van der Waals surface area contributed by atoms with Crippen LogP contribution in [-0.4, -0.2) is 26.8 Å². The summed E-state index contributed by atoms with van der Waals surface area (Å²) in [6.07, 6.45) is 8.54. The highest BCUT2D eigenvalue weighted by Gasteiger charge is 2.13. The Morgan fingerprint density at radius 1 is 1.38 bits per heavy atom. The molecule has 0 radical (unpaired) electrons. The first kappa shape index (κ1) is 21.0. The van der Waals surface area contributed by atoms with Gasteiger partial charge in [-0.1, -0.05) is 35.4 Å². The lowest BCUT2D eigenvalue weighted by molar-refractivity contribution is 0.0955. The molecule has 0 unspecified atom stereocenters. The number of carbonyl (C=O) groups is 1. The number of carbonyl (C=O) groups excluding carboxylic acids is 1. The van der Waals surface area contributed by atoms with Crippen molar-refractivity contribution in [2.45, 2.75) is 38.6 Å². The van der Waals surface area contributed by atoms with Crippen LogP contribution in [-0.2, 0) is 6.54 Å². The monoisotopic (exact) mass is 432 g/mol. The predicted octanol–water partition coefficient (Wildman–Crippen LogP) is 3.92. The molecule has 1 aromatic heterocycles. The zero-order chi connectivity index (χ0) is 20.8. The standard InChI is InChI=1S/C20H21ClN4O3S/c21-16-9-5-4-8-14(16)18(27)24-22-12-15-17(26)23-20(29)25(19(15)28)11-10-13-6-2-1-3-7-13/h4-6,8-9,12,28H,1-3,7,10-11H2,(H,24,27)(H,23,26,29)/b22-12+. The van der Waals surface area contributed by atoms with Crippen LogP contribution in [0.5, 0.6) is 5.88 Å². The van der Waals surface area contributed by atoms with Crippen LogP contribution in [0, 0.1) is 4.77 Å². The second-order valence-electron chi connectivity index (χ2n) is 6.69. The number of hydrogen-bond donors (Lipinski definition) is 3. The Morgan fingerprint density at radius 3 is 2.90 bits per heavy atom. The molecule has 1 heterocycles. The molecule has 0 saturated heterocycles. The number of nitrogens with one attached hydrogen (secondary N) is 2. The predicted molar refractivity (Wildman–Crippen MR) is 115 cm³/mol. The molecule has 0 atom stereocenters. The summed E-state index contributed by atoms with van der Waals surface area (Å²) < 4.78 is 1.60. The lowest BCUT2D eigenvalue weighted by atomic mass is 9.97. The van der Waals surface area contributed by atoms with E-state index in [1.54, 1.807) is 24.3 Å². The van der Waals surface area contributed by atoms with Gasteiger partial charge in [0.05, 0.1) is 16.8 Å². The van der Waals surface area contributed by atoms with Gasteiger partial charge in [0.25, 0.3) is 11.5 Å². The summed E-state index contributed by atoms with van der Waals surface area (Å²) in [6.45, 7) is 0.445. The van der Waals surface area contributed by atoms with Crippen molar-refractivity contribution < 1.29 is 9.90 Å². The summed E-state index contributed by atoms with van der Waals surface area (Å²) >= 11 is 11.2. The zero-order valence-corrected chi connectivity index (χ0v) is 17.2. The van der Waals surface area contributed by atoms with Gasteiger partial charge in [-0.3, -0.25) is 19.1 Å². The van der Waals surface area contributed by atoms with Crippen LogP contribution < -0.4 is 11.0 Å². The van der Waals surface area contributed by atoms with Crippen molar-refractivity contribution in [3.63, 3.8) is 0 Å². The van der Waals surface area contributed by atoms with Gasteiger partial charge in [0, 0.05) is 6.54 Å². The third-order valence-electron chi connectivity index (χ3n) is 4.73. The fourth-order valence-electron chi connectivity index (χ4n) is 3.15. The number of aromatic amines is 1. The maximum Gasteiger partial charge on any atom is 0.272 e. The van der Waals surface area contributed by atoms with Crippen LogP contribution in [0.3, 0.4) is 0 Å². The van der Waals surface area contributed by atoms with E-state index in [9.17, 15) is 14.7 Å². The normalized spacial score (nSPS) is 14.0. The molecule has 1 aliphatic rings. The molecule has 0 saturated carbocycles. The Balaban J connectivity index is 1.76. The average Bonchev–Trinajstić information content (AvgIpc) is 2.71. The molecule has 29 heavy (non-hydrogen) atoms. The minimum atomic E-state index is -0.587. The van der Waals surface area contributed by atoms with Crippen molar-refractivity contribution in [2.24, 2.45) is 5.10 Å². The van der Waals surface area contributed by atoms with E-state index in [2.05, 4.69) is 21.6 Å². The van der Waals surface area contributed by atoms with E-state index < -0.39 is 11.5 Å². The number of allylic oxidation sites excluding steroid dienone is 2. The topological polar surface area (TPSA) is 99.5 Å². The summed E-state index contributed by atoms with van der Waals surface area (Å²) in [5.74, 6) is -0.814. The minimum absolute atomic E-state index is 0.0873. The summed E-state index contributed by atoms with van der Waals surface area (Å²) in [5, 5.41) is 14.6. The van der Waals surface area contributed by atoms with Crippen LogP contribution in [0.1, 0.15) is 48.0 Å². The maximum atomic E-state index is 12.2. The molecule has 1 amide bonds. The molecular weight excluding hydrogens is 412 g/mol. The number of amides is 1. The van der Waals surface area contributed by atoms with Crippen LogP contribution in [0.15, 0.2) is 45.8 Å². The van der Waals surface area contributed by atoms with Crippen molar-refractivity contribution in [1.29, 1.82) is 0 Å². The van der Waals surface area contributed by atoms with E-state index >= 15 is 0 Å². The Morgan fingerprint density at radius 2 is 2.17 bits per heavy atom. The van der Waals surface area contributed by atoms with E-state index in [0.29, 0.717) is 6.54 Å². The van der Waals surface area contributed by atoms with Gasteiger partial charge >= 0.3 is 0 Å². The fraction of sp³-hybridized carbons (Fsp3) is 0.300. The lowest BCUT2D eigenvalue weighted by Gasteiger charge is -2.15. The van der Waals surface area contributed by atoms with E-state index in [4.69, 9.17) is 23.8 Å². The maximum absolute atomic E-state index is 12.2. The zero-order valence-electron chi connectivity index (χ0n) is 15.7. The van der Waals surface area contributed by atoms with Crippen molar-refractivity contribution in [3.8, 4) is 5.88 Å². The van der Waals surface area contributed by atoms with E-state index in [-0.39, 0.29) is 26.8 Å². The second-order valence-corrected chi connectivity index (χ2v) is 7.48. The number of hydrazone groups is 1. The number of H-pyrrole nitrogens is 1. The van der Waals surface area contributed by atoms with Crippen molar-refractivity contribution >= 4 is 35.9 Å². The smallest absolute Gasteiger partial charge is 0.272 e. The summed E-state index contributed by atoms with van der Waals surface area (Å²) in [5.41, 5.74) is 3.20. The molecule has 1 aromatic carbocycles. The second kappa shape index (κ2) is 9.67. The highest BCUT2D eigenvalue weighted by Crippen LogP contribution is 2.22. The molecule has 3 N–H and O–H groups in total. The number of halogens is 1. The quantitative estimate of drug-likeness (QED) is 0.279. The van der Waals surface area contributed by atoms with Gasteiger partial charge in [-0.15, -0.1) is 0 Å². The third kappa shape index (κ3) is 5.21. The molecule has 0 bridgehead atoms. The van der Waals surface area contributed by atoms with Gasteiger partial charge < -0.3 is 5.11 Å². The molecule has 152 valence electrons. The fourth-order valence-corrected chi connectivity index (χ4v) is 3.64. The number of hydrogen-bond acceptors (Lipinski definition) is 5. The van der Waals surface area contributed by atoms with Gasteiger partial charge in [-0.25, -0.2) is 5.43 Å². The van der Waals surface area contributed by atoms with Gasteiger partial charge in [0.1, 0.15) is 5.56 Å². The van der Waals surface area contributed by atoms with Crippen LogP contribution in [0.2, 0.25) is 5.02 Å². The van der Waals surface area contributed by atoms with Crippen LogP contribution in [0.4, 0.5) is 0 Å². The number of aromatic nitrogens is 2. The SMILES string of the molecule is O=C(N/N=C/c1c(O)n(CCC2=CCCCC2)c(=S)[nH]c1=O)c1ccccc1Cl. The Kier molecular flexibility index (Phi) is 7.00. The number of rotatable bonds is 6. The number of aromatic hydroxyl groups is 1. The Bertz CT molecular complexity index is 1090. The first-order valence-electron chi connectivity index (χ1n) is 9.29. The molecular formula is C20H21ClN4O3S. The van der Waals surface area contributed by atoms with Crippen LogP contribution >= 0.6 is 23.8 Å². The van der Waals surface area contributed by atoms with Gasteiger partial charge in [0.2, 0.25) is 5.88 Å². The molecule has 2 aromatic rings. The molecule has 0 fully saturated rings. The Labute approximate surface area is 177 Å². The van der Waals surface area contributed by atoms with Gasteiger partial charge in [0.15, 0.2) is 4.77 Å². The number of nitrogens with zero attached hydrogens (tertiary/aromatic N) is 2. The average molecular weight is 433 g/mol. The van der Waals surface area contributed by atoms with Crippen molar-refractivity contribution in [3.05, 3.63) is 67.2 Å². The number of benzene rings is 1. The molecule has 3 rings (SSSR count). The molecule has 0 aliphatic heterocycles. The lowest BCUT2D eigenvalue weighted by Crippen LogP contribution is -2.22. The molecule has 1 aliphatic carbocycles. The van der Waals surface area contributed by atoms with Crippen LogP contribution in [0.25, 0.3) is 0 Å². The van der Waals surface area contributed by atoms with E-state index in [1.165, 1.54) is 16.6 Å². The Hall–Kier alpha value is -2.71. The molecule has 0 spiro atoms. The summed E-state index contributed by atoms with van der Waals surface area (Å²) in [7, 11) is 0. The summed E-state index contributed by atoms with van der Waals surface area (Å²) in [6, 6.07) is 6.52. The van der Waals surface area contributed by atoms with E-state index in [0.717, 1.165) is 31.9 Å². The summed E-state index contributed by atoms with van der Waals surface area (Å²) in [4.78, 5) is 26.9. The molecule has 7 nitrogen and oxygen atoms in total. The van der Waals surface area contributed by atoms with E-state index in [1.807, 2.05) is 0 Å². The molecule has 9 heteroatoms. The first-order valence-corrected chi connectivity index (χ1v) is 10.1. The third-order valence-corrected chi connectivity index (χ3v) is 5.38. The minimum Gasteiger partial charge on any atom is -0.494 e. The largest absolute Gasteiger partial charge is 0.494 e.